The normalized spacial score (nSPS) is 13.8. The SMILES string of the molecule is CN(C)S(=O)(=O)c1ccccc1CNC(=O)NCCC(=O)N1CCc2sccc2C1. The Morgan fingerprint density at radius 3 is 2.70 bits per heavy atom. The van der Waals surface area contributed by atoms with E-state index >= 15 is 0 Å². The van der Waals surface area contributed by atoms with Gasteiger partial charge in [0.15, 0.2) is 0 Å². The van der Waals surface area contributed by atoms with Crippen LogP contribution in [0.5, 0.6) is 0 Å². The number of benzene rings is 1. The summed E-state index contributed by atoms with van der Waals surface area (Å²) < 4.78 is 26.0. The van der Waals surface area contributed by atoms with Gasteiger partial charge in [-0.05, 0) is 35.1 Å². The molecule has 0 radical (unpaired) electrons. The molecule has 0 aliphatic carbocycles. The number of urea groups is 1. The number of thiophene rings is 1. The van der Waals surface area contributed by atoms with Crippen molar-refractivity contribution in [3.8, 4) is 0 Å². The number of nitrogens with zero attached hydrogens (tertiary/aromatic N) is 2. The second-order valence-electron chi connectivity index (χ2n) is 7.19. The fourth-order valence-corrected chi connectivity index (χ4v) is 5.24. The van der Waals surface area contributed by atoms with Crippen molar-refractivity contribution in [1.82, 2.24) is 19.8 Å². The Hall–Kier alpha value is -2.43. The number of sulfonamides is 1. The van der Waals surface area contributed by atoms with E-state index in [1.165, 1.54) is 30.6 Å². The highest BCUT2D eigenvalue weighted by molar-refractivity contribution is 7.89. The molecule has 2 N–H and O–H groups in total. The molecule has 0 spiro atoms. The standard InChI is InChI=1S/C20H26N4O4S2/c1-23(2)30(27,28)18-6-4-3-5-15(18)13-22-20(26)21-10-7-19(25)24-11-8-17-16(14-24)9-12-29-17/h3-6,9,12H,7-8,10-11,13-14H2,1-2H3,(H2,21,22,26). The number of amides is 3. The predicted molar refractivity (Wildman–Crippen MR) is 116 cm³/mol. The summed E-state index contributed by atoms with van der Waals surface area (Å²) in [6.07, 6.45) is 1.10. The summed E-state index contributed by atoms with van der Waals surface area (Å²) in [5.74, 6) is 0.00886. The van der Waals surface area contributed by atoms with Gasteiger partial charge in [0, 0.05) is 51.6 Å². The van der Waals surface area contributed by atoms with E-state index in [0.29, 0.717) is 18.7 Å². The van der Waals surface area contributed by atoms with Crippen LogP contribution < -0.4 is 10.6 Å². The summed E-state index contributed by atoms with van der Waals surface area (Å²) in [6.45, 7) is 1.61. The lowest BCUT2D eigenvalue weighted by molar-refractivity contribution is -0.131. The lowest BCUT2D eigenvalue weighted by Gasteiger charge is -2.27. The number of hydrogen-bond donors (Lipinski definition) is 2. The van der Waals surface area contributed by atoms with Crippen molar-refractivity contribution in [2.45, 2.75) is 30.8 Å². The molecule has 0 unspecified atom stereocenters. The number of nitrogens with one attached hydrogen (secondary N) is 2. The van der Waals surface area contributed by atoms with E-state index in [2.05, 4.69) is 16.7 Å². The van der Waals surface area contributed by atoms with Gasteiger partial charge in [-0.25, -0.2) is 17.5 Å². The van der Waals surface area contributed by atoms with E-state index < -0.39 is 16.1 Å². The van der Waals surface area contributed by atoms with Crippen molar-refractivity contribution in [3.63, 3.8) is 0 Å². The van der Waals surface area contributed by atoms with Gasteiger partial charge in [0.2, 0.25) is 15.9 Å². The smallest absolute Gasteiger partial charge is 0.315 e. The maximum atomic E-state index is 12.4. The molecular weight excluding hydrogens is 424 g/mol. The van der Waals surface area contributed by atoms with Crippen LogP contribution in [-0.4, -0.2) is 56.7 Å². The number of carbonyl (C=O) groups excluding carboxylic acids is 2. The molecular formula is C20H26N4O4S2. The molecule has 162 valence electrons. The summed E-state index contributed by atoms with van der Waals surface area (Å²) >= 11 is 1.72. The van der Waals surface area contributed by atoms with Crippen LogP contribution >= 0.6 is 11.3 Å². The molecule has 0 saturated carbocycles. The van der Waals surface area contributed by atoms with Crippen LogP contribution in [0, 0.1) is 0 Å². The van der Waals surface area contributed by atoms with Crippen LogP contribution in [0.4, 0.5) is 4.79 Å². The van der Waals surface area contributed by atoms with Gasteiger partial charge in [-0.2, -0.15) is 0 Å². The summed E-state index contributed by atoms with van der Waals surface area (Å²) in [5, 5.41) is 7.37. The monoisotopic (exact) mass is 450 g/mol. The van der Waals surface area contributed by atoms with Crippen molar-refractivity contribution in [2.75, 3.05) is 27.2 Å². The molecule has 8 nitrogen and oxygen atoms in total. The number of hydrogen-bond acceptors (Lipinski definition) is 5. The van der Waals surface area contributed by atoms with Crippen molar-refractivity contribution in [3.05, 3.63) is 51.7 Å². The molecule has 2 aromatic rings. The van der Waals surface area contributed by atoms with E-state index in [9.17, 15) is 18.0 Å². The lowest BCUT2D eigenvalue weighted by Crippen LogP contribution is -2.40. The number of carbonyl (C=O) groups is 2. The van der Waals surface area contributed by atoms with Crippen LogP contribution in [0.1, 0.15) is 22.4 Å². The van der Waals surface area contributed by atoms with Crippen LogP contribution in [-0.2, 0) is 34.3 Å². The average Bonchev–Trinajstić information content (AvgIpc) is 3.20. The van der Waals surface area contributed by atoms with Gasteiger partial charge in [0.05, 0.1) is 4.90 Å². The van der Waals surface area contributed by atoms with Crippen LogP contribution in [0.15, 0.2) is 40.6 Å². The molecule has 1 aromatic heterocycles. The zero-order valence-corrected chi connectivity index (χ0v) is 18.7. The van der Waals surface area contributed by atoms with Crippen LogP contribution in [0.2, 0.25) is 0 Å². The summed E-state index contributed by atoms with van der Waals surface area (Å²) in [6, 6.07) is 8.15. The summed E-state index contributed by atoms with van der Waals surface area (Å²) in [7, 11) is -0.675. The summed E-state index contributed by atoms with van der Waals surface area (Å²) in [4.78, 5) is 27.8. The Kier molecular flexibility index (Phi) is 7.11. The van der Waals surface area contributed by atoms with Crippen molar-refractivity contribution in [2.24, 2.45) is 0 Å². The Bertz CT molecular complexity index is 1020. The first kappa shape index (κ1) is 22.3. The van der Waals surface area contributed by atoms with Gasteiger partial charge in [-0.1, -0.05) is 18.2 Å². The van der Waals surface area contributed by atoms with E-state index in [-0.39, 0.29) is 30.3 Å². The quantitative estimate of drug-likeness (QED) is 0.672. The average molecular weight is 451 g/mol. The second-order valence-corrected chi connectivity index (χ2v) is 10.3. The van der Waals surface area contributed by atoms with Gasteiger partial charge in [0.1, 0.15) is 0 Å². The van der Waals surface area contributed by atoms with Crippen molar-refractivity contribution in [1.29, 1.82) is 0 Å². The zero-order chi connectivity index (χ0) is 21.7. The fourth-order valence-electron chi connectivity index (χ4n) is 3.24. The van der Waals surface area contributed by atoms with Gasteiger partial charge in [-0.15, -0.1) is 11.3 Å². The fraction of sp³-hybridized carbons (Fsp3) is 0.400. The zero-order valence-electron chi connectivity index (χ0n) is 17.1. The Balaban J connectivity index is 1.46. The lowest BCUT2D eigenvalue weighted by atomic mass is 10.1. The third kappa shape index (κ3) is 5.18. The first-order chi connectivity index (χ1) is 14.3. The highest BCUT2D eigenvalue weighted by Gasteiger charge is 2.22. The minimum absolute atomic E-state index is 0.00886. The number of rotatable bonds is 7. The second kappa shape index (κ2) is 9.59. The minimum Gasteiger partial charge on any atom is -0.338 e. The van der Waals surface area contributed by atoms with Crippen LogP contribution in [0.25, 0.3) is 0 Å². The first-order valence-corrected chi connectivity index (χ1v) is 12.0. The molecule has 1 aliphatic rings. The molecule has 2 heterocycles. The Morgan fingerprint density at radius 1 is 1.17 bits per heavy atom. The van der Waals surface area contributed by atoms with E-state index in [1.54, 1.807) is 29.5 Å². The molecule has 0 bridgehead atoms. The van der Waals surface area contributed by atoms with Crippen molar-refractivity contribution < 1.29 is 18.0 Å². The molecule has 30 heavy (non-hydrogen) atoms. The molecule has 0 atom stereocenters. The molecule has 0 saturated heterocycles. The Morgan fingerprint density at radius 2 is 1.93 bits per heavy atom. The number of fused-ring (bicyclic) bond motifs is 1. The molecule has 0 fully saturated rings. The van der Waals surface area contributed by atoms with E-state index in [1.807, 2.05) is 10.3 Å². The summed E-state index contributed by atoms with van der Waals surface area (Å²) in [5.41, 5.74) is 1.70. The topological polar surface area (TPSA) is 98.8 Å². The molecule has 3 rings (SSSR count). The molecule has 10 heteroatoms. The minimum atomic E-state index is -3.60. The first-order valence-electron chi connectivity index (χ1n) is 9.64. The van der Waals surface area contributed by atoms with Gasteiger partial charge in [0.25, 0.3) is 0 Å². The maximum absolute atomic E-state index is 12.4. The van der Waals surface area contributed by atoms with Gasteiger partial charge >= 0.3 is 6.03 Å². The predicted octanol–water partition coefficient (Wildman–Crippen LogP) is 1.77. The third-order valence-corrected chi connectivity index (χ3v) is 7.89. The van der Waals surface area contributed by atoms with E-state index in [4.69, 9.17) is 0 Å². The van der Waals surface area contributed by atoms with E-state index in [0.717, 1.165) is 10.7 Å². The molecule has 1 aliphatic heterocycles. The van der Waals surface area contributed by atoms with Gasteiger partial charge in [-0.3, -0.25) is 4.79 Å². The van der Waals surface area contributed by atoms with Crippen molar-refractivity contribution >= 4 is 33.3 Å². The third-order valence-electron chi connectivity index (χ3n) is 4.96. The Labute approximate surface area is 180 Å². The van der Waals surface area contributed by atoms with Crippen LogP contribution in [0.3, 0.4) is 0 Å². The maximum Gasteiger partial charge on any atom is 0.315 e. The van der Waals surface area contributed by atoms with Gasteiger partial charge < -0.3 is 15.5 Å². The largest absolute Gasteiger partial charge is 0.338 e. The molecule has 1 aromatic carbocycles. The molecule has 3 amide bonds. The highest BCUT2D eigenvalue weighted by Crippen LogP contribution is 2.24. The highest BCUT2D eigenvalue weighted by atomic mass is 32.2.